The topological polar surface area (TPSA) is 124 Å². The van der Waals surface area contributed by atoms with E-state index in [9.17, 15) is 14.4 Å². The van der Waals surface area contributed by atoms with Crippen LogP contribution in [0.5, 0.6) is 0 Å². The first-order chi connectivity index (χ1) is 12.9. The maximum atomic E-state index is 12.3. The van der Waals surface area contributed by atoms with Gasteiger partial charge in [-0.15, -0.1) is 0 Å². The van der Waals surface area contributed by atoms with E-state index in [1.165, 1.54) is 13.0 Å². The highest BCUT2D eigenvalue weighted by molar-refractivity contribution is 5.99. The number of carbonyl (C=O) groups is 3. The van der Waals surface area contributed by atoms with E-state index in [-0.39, 0.29) is 17.9 Å². The Kier molecular flexibility index (Phi) is 5.16. The predicted octanol–water partition coefficient (Wildman–Crippen LogP) is 1.95. The molecule has 0 saturated carbocycles. The summed E-state index contributed by atoms with van der Waals surface area (Å²) in [6, 6.07) is 12.8. The number of aliphatic carboxylic acids is 1. The molecule has 1 aromatic heterocycles. The lowest BCUT2D eigenvalue weighted by Crippen LogP contribution is -2.38. The third-order valence-electron chi connectivity index (χ3n) is 3.89. The van der Waals surface area contributed by atoms with E-state index in [4.69, 9.17) is 5.11 Å². The summed E-state index contributed by atoms with van der Waals surface area (Å²) < 4.78 is 0. The van der Waals surface area contributed by atoms with Gasteiger partial charge in [-0.1, -0.05) is 18.2 Å². The molecule has 0 aliphatic heterocycles. The number of H-pyrrole nitrogens is 1. The molecular weight excluding hydrogens is 348 g/mol. The average molecular weight is 366 g/mol. The Balaban J connectivity index is 1.65. The first-order valence-electron chi connectivity index (χ1n) is 8.29. The van der Waals surface area contributed by atoms with Crippen molar-refractivity contribution in [2.24, 2.45) is 0 Å². The number of para-hydroxylation sites is 2. The van der Waals surface area contributed by atoms with E-state index >= 15 is 0 Å². The summed E-state index contributed by atoms with van der Waals surface area (Å²) >= 11 is 0. The van der Waals surface area contributed by atoms with Crippen molar-refractivity contribution in [1.29, 1.82) is 0 Å². The fourth-order valence-electron chi connectivity index (χ4n) is 2.53. The number of fused-ring (bicyclic) bond motifs is 1. The Hall–Kier alpha value is -3.68. The molecule has 0 radical (unpaired) electrons. The van der Waals surface area contributed by atoms with Crippen molar-refractivity contribution >= 4 is 34.5 Å². The van der Waals surface area contributed by atoms with Crippen molar-refractivity contribution in [2.75, 3.05) is 5.32 Å². The molecule has 0 unspecified atom stereocenters. The summed E-state index contributed by atoms with van der Waals surface area (Å²) in [7, 11) is 0. The van der Waals surface area contributed by atoms with Crippen LogP contribution in [-0.2, 0) is 16.0 Å². The molecule has 1 atom stereocenters. The molecule has 3 aromatic rings. The summed E-state index contributed by atoms with van der Waals surface area (Å²) in [5.41, 5.74) is 2.33. The van der Waals surface area contributed by atoms with Crippen molar-refractivity contribution in [3.8, 4) is 0 Å². The molecule has 2 amide bonds. The Morgan fingerprint density at radius 2 is 1.93 bits per heavy atom. The zero-order chi connectivity index (χ0) is 19.4. The highest BCUT2D eigenvalue weighted by atomic mass is 16.4. The van der Waals surface area contributed by atoms with Crippen molar-refractivity contribution in [3.05, 3.63) is 59.9 Å². The largest absolute Gasteiger partial charge is 0.480 e. The van der Waals surface area contributed by atoms with E-state index < -0.39 is 17.9 Å². The smallest absolute Gasteiger partial charge is 0.325 e. The molecule has 0 aliphatic carbocycles. The maximum Gasteiger partial charge on any atom is 0.325 e. The molecule has 3 rings (SSSR count). The third kappa shape index (κ3) is 4.49. The number of hydrogen-bond acceptors (Lipinski definition) is 4. The number of amides is 2. The van der Waals surface area contributed by atoms with E-state index in [1.807, 2.05) is 24.3 Å². The van der Waals surface area contributed by atoms with Gasteiger partial charge in [0.2, 0.25) is 5.91 Å². The van der Waals surface area contributed by atoms with Crippen molar-refractivity contribution < 1.29 is 19.5 Å². The van der Waals surface area contributed by atoms with Crippen LogP contribution >= 0.6 is 0 Å². The lowest BCUT2D eigenvalue weighted by Gasteiger charge is -2.10. The number of hydrogen-bond donors (Lipinski definition) is 4. The quantitative estimate of drug-likeness (QED) is 0.531. The van der Waals surface area contributed by atoms with Crippen LogP contribution in [0.2, 0.25) is 0 Å². The Morgan fingerprint density at radius 1 is 1.15 bits per heavy atom. The lowest BCUT2D eigenvalue weighted by atomic mass is 10.1. The molecule has 0 spiro atoms. The molecule has 0 fully saturated rings. The second-order valence-electron chi connectivity index (χ2n) is 6.04. The lowest BCUT2D eigenvalue weighted by molar-refractivity contribution is -0.138. The van der Waals surface area contributed by atoms with Gasteiger partial charge in [0, 0.05) is 11.3 Å². The van der Waals surface area contributed by atoms with Gasteiger partial charge >= 0.3 is 5.97 Å². The molecule has 4 N–H and O–H groups in total. The summed E-state index contributed by atoms with van der Waals surface area (Å²) in [4.78, 5) is 42.6. The number of rotatable bonds is 6. The Bertz CT molecular complexity index is 979. The van der Waals surface area contributed by atoms with Gasteiger partial charge in [0.05, 0.1) is 17.5 Å². The first kappa shape index (κ1) is 18.1. The number of carboxylic acids is 1. The molecule has 27 heavy (non-hydrogen) atoms. The average Bonchev–Trinajstić information content (AvgIpc) is 3.03. The normalized spacial score (nSPS) is 11.7. The molecule has 0 saturated heterocycles. The van der Waals surface area contributed by atoms with Gasteiger partial charge < -0.3 is 20.7 Å². The van der Waals surface area contributed by atoms with Gasteiger partial charge in [0.1, 0.15) is 11.9 Å². The molecule has 1 heterocycles. The predicted molar refractivity (Wildman–Crippen MR) is 99.4 cm³/mol. The SMILES string of the molecule is C[C@H](NC(=O)c1cccc(NC(=O)Cc2nc3ccccc3[nH]2)c1)C(=O)O. The van der Waals surface area contributed by atoms with Crippen LogP contribution in [0.3, 0.4) is 0 Å². The minimum absolute atomic E-state index is 0.0567. The standard InChI is InChI=1S/C19H18N4O4/c1-11(19(26)27)20-18(25)12-5-4-6-13(9-12)21-17(24)10-16-22-14-7-2-3-8-15(14)23-16/h2-9,11H,10H2,1H3,(H,20,25)(H,21,24)(H,22,23)(H,26,27)/t11-/m0/s1. The number of anilines is 1. The van der Waals surface area contributed by atoms with Gasteiger partial charge in [0.25, 0.3) is 5.91 Å². The second kappa shape index (κ2) is 7.69. The van der Waals surface area contributed by atoms with Crippen LogP contribution < -0.4 is 10.6 Å². The number of aromatic nitrogens is 2. The number of imidazole rings is 1. The molecule has 0 aliphatic rings. The van der Waals surface area contributed by atoms with Crippen LogP contribution in [0, 0.1) is 0 Å². The monoisotopic (exact) mass is 366 g/mol. The van der Waals surface area contributed by atoms with Gasteiger partial charge in [-0.2, -0.15) is 0 Å². The zero-order valence-electron chi connectivity index (χ0n) is 14.5. The van der Waals surface area contributed by atoms with Gasteiger partial charge in [0.15, 0.2) is 0 Å². The number of benzene rings is 2. The minimum atomic E-state index is -1.13. The summed E-state index contributed by atoms with van der Waals surface area (Å²) in [5, 5.41) is 13.9. The van der Waals surface area contributed by atoms with E-state index in [1.54, 1.807) is 18.2 Å². The van der Waals surface area contributed by atoms with Crippen LogP contribution in [-0.4, -0.2) is 38.9 Å². The van der Waals surface area contributed by atoms with E-state index in [0.29, 0.717) is 11.5 Å². The highest BCUT2D eigenvalue weighted by Crippen LogP contribution is 2.13. The summed E-state index contributed by atoms with van der Waals surface area (Å²) in [6.07, 6.45) is 0.0567. The van der Waals surface area contributed by atoms with Crippen molar-refractivity contribution in [1.82, 2.24) is 15.3 Å². The fraction of sp³-hybridized carbons (Fsp3) is 0.158. The Labute approximate surface area is 154 Å². The molecular formula is C19H18N4O4. The number of nitrogens with one attached hydrogen (secondary N) is 3. The number of aromatic amines is 1. The zero-order valence-corrected chi connectivity index (χ0v) is 14.5. The highest BCUT2D eigenvalue weighted by Gasteiger charge is 2.16. The van der Waals surface area contributed by atoms with Crippen molar-refractivity contribution in [2.45, 2.75) is 19.4 Å². The molecule has 8 nitrogen and oxygen atoms in total. The van der Waals surface area contributed by atoms with Crippen LogP contribution in [0.15, 0.2) is 48.5 Å². The van der Waals surface area contributed by atoms with E-state index in [0.717, 1.165) is 11.0 Å². The summed E-state index contributed by atoms with van der Waals surface area (Å²) in [5.74, 6) is -1.40. The van der Waals surface area contributed by atoms with Crippen LogP contribution in [0.1, 0.15) is 23.1 Å². The first-order valence-corrected chi connectivity index (χ1v) is 8.29. The van der Waals surface area contributed by atoms with Gasteiger partial charge in [-0.05, 0) is 37.3 Å². The van der Waals surface area contributed by atoms with Crippen molar-refractivity contribution in [3.63, 3.8) is 0 Å². The second-order valence-corrected chi connectivity index (χ2v) is 6.04. The third-order valence-corrected chi connectivity index (χ3v) is 3.89. The number of nitrogens with zero attached hydrogens (tertiary/aromatic N) is 1. The molecule has 8 heteroatoms. The minimum Gasteiger partial charge on any atom is -0.480 e. The maximum absolute atomic E-state index is 12.3. The number of carboxylic acid groups (broad SMARTS) is 1. The number of carbonyl (C=O) groups excluding carboxylic acids is 2. The van der Waals surface area contributed by atoms with Gasteiger partial charge in [-0.3, -0.25) is 14.4 Å². The molecule has 138 valence electrons. The Morgan fingerprint density at radius 3 is 2.67 bits per heavy atom. The fourth-order valence-corrected chi connectivity index (χ4v) is 2.53. The van der Waals surface area contributed by atoms with Crippen LogP contribution in [0.25, 0.3) is 11.0 Å². The van der Waals surface area contributed by atoms with E-state index in [2.05, 4.69) is 20.6 Å². The summed E-state index contributed by atoms with van der Waals surface area (Å²) in [6.45, 7) is 1.37. The van der Waals surface area contributed by atoms with Crippen LogP contribution in [0.4, 0.5) is 5.69 Å². The molecule has 2 aromatic carbocycles. The van der Waals surface area contributed by atoms with Gasteiger partial charge in [-0.25, -0.2) is 4.98 Å². The molecule has 0 bridgehead atoms.